The number of fused-ring (bicyclic) bond motifs is 1. The summed E-state index contributed by atoms with van der Waals surface area (Å²) in [6.45, 7) is 4.20. The minimum atomic E-state index is -0.233. The van der Waals surface area contributed by atoms with Gasteiger partial charge < -0.3 is 4.74 Å². The van der Waals surface area contributed by atoms with Crippen LogP contribution in [0.25, 0.3) is 0 Å². The highest BCUT2D eigenvalue weighted by Gasteiger charge is 2.34. The Hall–Kier alpha value is -2.62. The van der Waals surface area contributed by atoms with Gasteiger partial charge in [-0.05, 0) is 43.7 Å². The topological polar surface area (TPSA) is 46.6 Å². The third kappa shape index (κ3) is 2.60. The van der Waals surface area contributed by atoms with E-state index in [1.807, 2.05) is 38.1 Å². The fourth-order valence-corrected chi connectivity index (χ4v) is 2.51. The van der Waals surface area contributed by atoms with Crippen molar-refractivity contribution in [2.24, 2.45) is 0 Å². The molecule has 4 heteroatoms. The molecule has 1 aliphatic rings. The fourth-order valence-electron chi connectivity index (χ4n) is 2.51. The van der Waals surface area contributed by atoms with Crippen LogP contribution in [0, 0.1) is 0 Å². The Kier molecular flexibility index (Phi) is 3.67. The van der Waals surface area contributed by atoms with Crippen LogP contribution in [-0.2, 0) is 6.54 Å². The summed E-state index contributed by atoms with van der Waals surface area (Å²) in [5.41, 5.74) is 1.85. The number of carbonyl (C=O) groups is 2. The molecular weight excluding hydrogens is 278 g/mol. The lowest BCUT2D eigenvalue weighted by Crippen LogP contribution is -2.29. The van der Waals surface area contributed by atoms with Gasteiger partial charge in [-0.15, -0.1) is 0 Å². The van der Waals surface area contributed by atoms with Crippen LogP contribution in [0.1, 0.15) is 40.1 Å². The van der Waals surface area contributed by atoms with Crippen LogP contribution < -0.4 is 4.74 Å². The first-order valence-electron chi connectivity index (χ1n) is 7.27. The Morgan fingerprint density at radius 1 is 0.909 bits per heavy atom. The molecule has 0 saturated heterocycles. The molecule has 0 unspecified atom stereocenters. The highest BCUT2D eigenvalue weighted by molar-refractivity contribution is 6.21. The van der Waals surface area contributed by atoms with Gasteiger partial charge in [-0.3, -0.25) is 14.5 Å². The Morgan fingerprint density at radius 3 is 1.95 bits per heavy atom. The van der Waals surface area contributed by atoms with E-state index in [4.69, 9.17) is 4.74 Å². The van der Waals surface area contributed by atoms with Crippen molar-refractivity contribution < 1.29 is 14.3 Å². The van der Waals surface area contributed by atoms with Crippen molar-refractivity contribution in [2.75, 3.05) is 0 Å². The molecule has 0 saturated carbocycles. The zero-order chi connectivity index (χ0) is 15.7. The molecule has 112 valence electrons. The molecular formula is C18H17NO3. The van der Waals surface area contributed by atoms with E-state index < -0.39 is 0 Å². The molecule has 0 radical (unpaired) electrons. The summed E-state index contributed by atoms with van der Waals surface area (Å²) >= 11 is 0. The molecule has 0 N–H and O–H groups in total. The van der Waals surface area contributed by atoms with Gasteiger partial charge in [-0.25, -0.2) is 0 Å². The third-order valence-electron chi connectivity index (χ3n) is 3.51. The predicted octanol–water partition coefficient (Wildman–Crippen LogP) is 3.27. The second-order valence-electron chi connectivity index (χ2n) is 5.55. The average Bonchev–Trinajstić information content (AvgIpc) is 2.74. The van der Waals surface area contributed by atoms with E-state index in [2.05, 4.69) is 0 Å². The lowest BCUT2D eigenvalue weighted by atomic mass is 10.1. The maximum absolute atomic E-state index is 12.3. The van der Waals surface area contributed by atoms with E-state index in [0.717, 1.165) is 11.3 Å². The summed E-state index contributed by atoms with van der Waals surface area (Å²) in [4.78, 5) is 25.9. The summed E-state index contributed by atoms with van der Waals surface area (Å²) in [7, 11) is 0. The van der Waals surface area contributed by atoms with Crippen LogP contribution >= 0.6 is 0 Å². The molecule has 2 aromatic rings. The summed E-state index contributed by atoms with van der Waals surface area (Å²) in [6.07, 6.45) is 0.113. The summed E-state index contributed by atoms with van der Waals surface area (Å²) < 4.78 is 5.58. The van der Waals surface area contributed by atoms with E-state index in [-0.39, 0.29) is 24.5 Å². The molecule has 4 nitrogen and oxygen atoms in total. The van der Waals surface area contributed by atoms with Crippen molar-refractivity contribution in [3.63, 3.8) is 0 Å². The second-order valence-corrected chi connectivity index (χ2v) is 5.55. The number of imide groups is 1. The molecule has 22 heavy (non-hydrogen) atoms. The Bertz CT molecular complexity index is 684. The lowest BCUT2D eigenvalue weighted by molar-refractivity contribution is 0.0642. The van der Waals surface area contributed by atoms with Crippen LogP contribution in [0.4, 0.5) is 0 Å². The Morgan fingerprint density at radius 2 is 1.45 bits per heavy atom. The van der Waals surface area contributed by atoms with Crippen molar-refractivity contribution >= 4 is 11.8 Å². The normalized spacial score (nSPS) is 13.7. The number of nitrogens with zero attached hydrogens (tertiary/aromatic N) is 1. The number of carbonyl (C=O) groups excluding carboxylic acids is 2. The van der Waals surface area contributed by atoms with E-state index in [1.165, 1.54) is 4.90 Å². The zero-order valence-electron chi connectivity index (χ0n) is 12.6. The van der Waals surface area contributed by atoms with E-state index >= 15 is 0 Å². The number of ether oxygens (including phenoxy) is 1. The molecule has 2 amide bonds. The van der Waals surface area contributed by atoms with Gasteiger partial charge in [0.1, 0.15) is 5.75 Å². The first-order valence-corrected chi connectivity index (χ1v) is 7.27. The Labute approximate surface area is 129 Å². The zero-order valence-corrected chi connectivity index (χ0v) is 12.6. The predicted molar refractivity (Wildman–Crippen MR) is 82.9 cm³/mol. The van der Waals surface area contributed by atoms with Crippen molar-refractivity contribution in [2.45, 2.75) is 26.5 Å². The van der Waals surface area contributed by atoms with Gasteiger partial charge in [0.25, 0.3) is 11.8 Å². The molecule has 3 rings (SSSR count). The number of rotatable bonds is 4. The van der Waals surface area contributed by atoms with Gasteiger partial charge >= 0.3 is 0 Å². The maximum atomic E-state index is 12.3. The molecule has 0 aromatic heterocycles. The highest BCUT2D eigenvalue weighted by Crippen LogP contribution is 2.24. The van der Waals surface area contributed by atoms with Gasteiger partial charge in [-0.1, -0.05) is 24.3 Å². The van der Waals surface area contributed by atoms with Gasteiger partial charge in [0.2, 0.25) is 0 Å². The SMILES string of the molecule is CC(C)Oc1ccc(CN2C(=O)c3ccccc3C2=O)cc1. The fraction of sp³-hybridized carbons (Fsp3) is 0.222. The quantitative estimate of drug-likeness (QED) is 0.813. The van der Waals surface area contributed by atoms with Crippen molar-refractivity contribution in [1.82, 2.24) is 4.90 Å². The van der Waals surface area contributed by atoms with Gasteiger partial charge in [0, 0.05) is 0 Å². The average molecular weight is 295 g/mol. The molecule has 1 aliphatic heterocycles. The van der Waals surface area contributed by atoms with Crippen LogP contribution in [-0.4, -0.2) is 22.8 Å². The smallest absolute Gasteiger partial charge is 0.261 e. The third-order valence-corrected chi connectivity index (χ3v) is 3.51. The summed E-state index contributed by atoms with van der Waals surface area (Å²) in [5.74, 6) is 0.312. The standard InChI is InChI=1S/C18H17NO3/c1-12(2)22-14-9-7-13(8-10-14)11-19-17(20)15-5-3-4-6-16(15)18(19)21/h3-10,12H,11H2,1-2H3. The van der Waals surface area contributed by atoms with Gasteiger partial charge in [-0.2, -0.15) is 0 Å². The number of hydrogen-bond donors (Lipinski definition) is 0. The first-order chi connectivity index (χ1) is 10.6. The molecule has 0 bridgehead atoms. The van der Waals surface area contributed by atoms with Crippen molar-refractivity contribution in [1.29, 1.82) is 0 Å². The summed E-state index contributed by atoms with van der Waals surface area (Å²) in [6, 6.07) is 14.4. The van der Waals surface area contributed by atoms with Crippen LogP contribution in [0.3, 0.4) is 0 Å². The highest BCUT2D eigenvalue weighted by atomic mass is 16.5. The van der Waals surface area contributed by atoms with Crippen molar-refractivity contribution in [3.05, 3.63) is 65.2 Å². The van der Waals surface area contributed by atoms with Gasteiger partial charge in [0.15, 0.2) is 0 Å². The monoisotopic (exact) mass is 295 g/mol. The minimum Gasteiger partial charge on any atom is -0.491 e. The molecule has 0 aliphatic carbocycles. The number of benzene rings is 2. The summed E-state index contributed by atoms with van der Waals surface area (Å²) in [5, 5.41) is 0. The maximum Gasteiger partial charge on any atom is 0.261 e. The first kappa shape index (κ1) is 14.3. The minimum absolute atomic E-state index is 0.113. The van der Waals surface area contributed by atoms with Crippen molar-refractivity contribution in [3.8, 4) is 5.75 Å². The van der Waals surface area contributed by atoms with Crippen LogP contribution in [0.15, 0.2) is 48.5 Å². The lowest BCUT2D eigenvalue weighted by Gasteiger charge is -2.15. The molecule has 2 aromatic carbocycles. The molecule has 1 heterocycles. The number of amides is 2. The second kappa shape index (κ2) is 5.64. The van der Waals surface area contributed by atoms with Crippen LogP contribution in [0.2, 0.25) is 0 Å². The molecule has 0 spiro atoms. The van der Waals surface area contributed by atoms with Gasteiger partial charge in [0.05, 0.1) is 23.8 Å². The molecule has 0 atom stereocenters. The van der Waals surface area contributed by atoms with E-state index in [0.29, 0.717) is 11.1 Å². The largest absolute Gasteiger partial charge is 0.491 e. The van der Waals surface area contributed by atoms with Crippen LogP contribution in [0.5, 0.6) is 5.75 Å². The van der Waals surface area contributed by atoms with E-state index in [1.54, 1.807) is 24.3 Å². The molecule has 0 fully saturated rings. The van der Waals surface area contributed by atoms with E-state index in [9.17, 15) is 9.59 Å². The number of hydrogen-bond acceptors (Lipinski definition) is 3. The Balaban J connectivity index is 1.77.